The summed E-state index contributed by atoms with van der Waals surface area (Å²) < 4.78 is 9.48. The molecule has 0 bridgehead atoms. The number of para-hydroxylation sites is 2. The summed E-state index contributed by atoms with van der Waals surface area (Å²) in [5, 5.41) is 2.32. The van der Waals surface area contributed by atoms with Gasteiger partial charge in [0.05, 0.1) is 17.6 Å². The number of rotatable bonds is 5. The normalized spacial score (nSPS) is 11.2. The van der Waals surface area contributed by atoms with E-state index < -0.39 is 0 Å². The molecule has 0 N–H and O–H groups in total. The van der Waals surface area contributed by atoms with Gasteiger partial charge in [-0.25, -0.2) is 4.98 Å². The van der Waals surface area contributed by atoms with Crippen LogP contribution in [-0.2, 0) is 6.54 Å². The first-order valence-electron chi connectivity index (χ1n) is 9.61. The van der Waals surface area contributed by atoms with Crippen LogP contribution in [0.4, 0.5) is 0 Å². The van der Waals surface area contributed by atoms with E-state index in [1.807, 2.05) is 42.5 Å². The van der Waals surface area contributed by atoms with Gasteiger partial charge in [-0.05, 0) is 35.7 Å². The van der Waals surface area contributed by atoms with Crippen molar-refractivity contribution in [3.63, 3.8) is 0 Å². The molecule has 1 aromatic heterocycles. The Morgan fingerprint density at radius 1 is 0.828 bits per heavy atom. The van der Waals surface area contributed by atoms with Gasteiger partial charge in [0, 0.05) is 15.4 Å². The highest BCUT2D eigenvalue weighted by molar-refractivity contribution is 9.10. The lowest BCUT2D eigenvalue weighted by molar-refractivity contribution is 0.304. The third-order valence-electron chi connectivity index (χ3n) is 5.06. The molecule has 4 heteroatoms. The van der Waals surface area contributed by atoms with E-state index in [9.17, 15) is 0 Å². The second-order valence-electron chi connectivity index (χ2n) is 6.91. The van der Waals surface area contributed by atoms with Crippen LogP contribution in [0, 0.1) is 0 Å². The average Bonchev–Trinajstić information content (AvgIpc) is 3.13. The van der Waals surface area contributed by atoms with Gasteiger partial charge in [-0.3, -0.25) is 0 Å². The first kappa shape index (κ1) is 18.0. The molecule has 0 atom stereocenters. The number of hydrogen-bond acceptors (Lipinski definition) is 2. The number of halogens is 1. The van der Waals surface area contributed by atoms with Gasteiger partial charge in [-0.2, -0.15) is 0 Å². The highest BCUT2D eigenvalue weighted by Crippen LogP contribution is 2.28. The molecule has 29 heavy (non-hydrogen) atoms. The summed E-state index contributed by atoms with van der Waals surface area (Å²) in [5.74, 6) is 1.87. The molecule has 0 aliphatic rings. The Morgan fingerprint density at radius 3 is 2.55 bits per heavy atom. The summed E-state index contributed by atoms with van der Waals surface area (Å²) in [6, 6.07) is 31.0. The van der Waals surface area contributed by atoms with Crippen LogP contribution in [0.2, 0.25) is 0 Å². The number of fused-ring (bicyclic) bond motifs is 2. The van der Waals surface area contributed by atoms with Crippen molar-refractivity contribution in [3.05, 3.63) is 95.5 Å². The van der Waals surface area contributed by atoms with Gasteiger partial charge in [0.2, 0.25) is 0 Å². The van der Waals surface area contributed by atoms with E-state index in [-0.39, 0.29) is 0 Å². The van der Waals surface area contributed by atoms with Crippen LogP contribution >= 0.6 is 15.9 Å². The molecule has 0 saturated carbocycles. The van der Waals surface area contributed by atoms with E-state index in [0.717, 1.165) is 38.0 Å². The van der Waals surface area contributed by atoms with Crippen LogP contribution in [0.25, 0.3) is 33.2 Å². The molecule has 5 aromatic rings. The van der Waals surface area contributed by atoms with Gasteiger partial charge >= 0.3 is 0 Å². The third kappa shape index (κ3) is 3.52. The molecule has 5 rings (SSSR count). The fraction of sp³-hybridized carbons (Fsp3) is 0.0800. The van der Waals surface area contributed by atoms with Crippen molar-refractivity contribution in [1.82, 2.24) is 9.55 Å². The Kier molecular flexibility index (Phi) is 4.78. The van der Waals surface area contributed by atoms with Crippen LogP contribution in [0.15, 0.2) is 95.5 Å². The zero-order valence-corrected chi connectivity index (χ0v) is 17.3. The summed E-state index contributed by atoms with van der Waals surface area (Å²) >= 11 is 3.57. The minimum Gasteiger partial charge on any atom is -0.491 e. The number of benzene rings is 4. The molecule has 142 valence electrons. The molecule has 0 radical (unpaired) electrons. The van der Waals surface area contributed by atoms with E-state index in [2.05, 4.69) is 69.0 Å². The van der Waals surface area contributed by atoms with Gasteiger partial charge in [0.25, 0.3) is 0 Å². The Bertz CT molecular complexity index is 1300. The SMILES string of the molecule is Brc1cccc(-c2nc3ccccc3n2CCOc2cccc3ccccc23)c1. The van der Waals surface area contributed by atoms with Crippen molar-refractivity contribution in [1.29, 1.82) is 0 Å². The van der Waals surface area contributed by atoms with E-state index in [0.29, 0.717) is 13.2 Å². The maximum Gasteiger partial charge on any atom is 0.141 e. The minimum atomic E-state index is 0.565. The van der Waals surface area contributed by atoms with Gasteiger partial charge in [-0.1, -0.05) is 76.6 Å². The van der Waals surface area contributed by atoms with Gasteiger partial charge in [0.15, 0.2) is 0 Å². The molecule has 3 nitrogen and oxygen atoms in total. The summed E-state index contributed by atoms with van der Waals surface area (Å²) in [6.07, 6.45) is 0. The zero-order valence-electron chi connectivity index (χ0n) is 15.8. The van der Waals surface area contributed by atoms with Crippen molar-refractivity contribution in [3.8, 4) is 17.1 Å². The minimum absolute atomic E-state index is 0.565. The molecule has 0 fully saturated rings. The number of imidazole rings is 1. The Labute approximate surface area is 177 Å². The molecule has 0 aliphatic carbocycles. The summed E-state index contributed by atoms with van der Waals surface area (Å²) in [6.45, 7) is 1.28. The van der Waals surface area contributed by atoms with Crippen molar-refractivity contribution in [2.45, 2.75) is 6.54 Å². The first-order chi connectivity index (χ1) is 14.3. The van der Waals surface area contributed by atoms with E-state index in [4.69, 9.17) is 9.72 Å². The third-order valence-corrected chi connectivity index (χ3v) is 5.55. The molecule has 4 aromatic carbocycles. The summed E-state index contributed by atoms with van der Waals surface area (Å²) in [5.41, 5.74) is 3.19. The van der Waals surface area contributed by atoms with Gasteiger partial charge < -0.3 is 9.30 Å². The number of aromatic nitrogens is 2. The van der Waals surface area contributed by atoms with Crippen LogP contribution in [0.1, 0.15) is 0 Å². The van der Waals surface area contributed by atoms with Crippen molar-refractivity contribution < 1.29 is 4.74 Å². The molecule has 0 spiro atoms. The fourth-order valence-corrected chi connectivity index (χ4v) is 4.12. The number of ether oxygens (including phenoxy) is 1. The van der Waals surface area contributed by atoms with Gasteiger partial charge in [0.1, 0.15) is 18.2 Å². The van der Waals surface area contributed by atoms with Crippen molar-refractivity contribution in [2.24, 2.45) is 0 Å². The smallest absolute Gasteiger partial charge is 0.141 e. The highest BCUT2D eigenvalue weighted by atomic mass is 79.9. The molecule has 0 aliphatic heterocycles. The quantitative estimate of drug-likeness (QED) is 0.302. The lowest BCUT2D eigenvalue weighted by Crippen LogP contribution is -2.09. The summed E-state index contributed by atoms with van der Waals surface area (Å²) in [4.78, 5) is 4.89. The molecular formula is C25H19BrN2O. The highest BCUT2D eigenvalue weighted by Gasteiger charge is 2.13. The summed E-state index contributed by atoms with van der Waals surface area (Å²) in [7, 11) is 0. The predicted octanol–water partition coefficient (Wildman–Crippen LogP) is 6.70. The fourth-order valence-electron chi connectivity index (χ4n) is 3.72. The predicted molar refractivity (Wildman–Crippen MR) is 122 cm³/mol. The largest absolute Gasteiger partial charge is 0.491 e. The van der Waals surface area contributed by atoms with Crippen LogP contribution < -0.4 is 4.74 Å². The van der Waals surface area contributed by atoms with Crippen LogP contribution in [0.5, 0.6) is 5.75 Å². The maximum atomic E-state index is 6.20. The standard InChI is InChI=1S/C25H19BrN2O/c26-20-10-5-9-19(17-20)25-27-22-12-3-4-13-23(22)28(25)15-16-29-24-14-6-8-18-7-1-2-11-21(18)24/h1-14,17H,15-16H2. The number of hydrogen-bond donors (Lipinski definition) is 0. The molecule has 1 heterocycles. The van der Waals surface area contributed by atoms with E-state index in [1.54, 1.807) is 0 Å². The molecular weight excluding hydrogens is 424 g/mol. The second-order valence-corrected chi connectivity index (χ2v) is 7.83. The van der Waals surface area contributed by atoms with Crippen molar-refractivity contribution in [2.75, 3.05) is 6.61 Å². The average molecular weight is 443 g/mol. The van der Waals surface area contributed by atoms with Crippen molar-refractivity contribution >= 4 is 37.7 Å². The second kappa shape index (κ2) is 7.72. The molecule has 0 amide bonds. The van der Waals surface area contributed by atoms with Crippen LogP contribution in [0.3, 0.4) is 0 Å². The van der Waals surface area contributed by atoms with Crippen LogP contribution in [-0.4, -0.2) is 16.2 Å². The topological polar surface area (TPSA) is 27.1 Å². The monoisotopic (exact) mass is 442 g/mol. The Balaban J connectivity index is 1.48. The van der Waals surface area contributed by atoms with E-state index >= 15 is 0 Å². The first-order valence-corrected chi connectivity index (χ1v) is 10.4. The zero-order chi connectivity index (χ0) is 19.6. The van der Waals surface area contributed by atoms with E-state index in [1.165, 1.54) is 5.39 Å². The lowest BCUT2D eigenvalue weighted by Gasteiger charge is -2.12. The maximum absolute atomic E-state index is 6.20. The van der Waals surface area contributed by atoms with Gasteiger partial charge in [-0.15, -0.1) is 0 Å². The Hall–Kier alpha value is -3.11. The number of nitrogens with zero attached hydrogens (tertiary/aromatic N) is 2. The molecule has 0 saturated heterocycles. The lowest BCUT2D eigenvalue weighted by atomic mass is 10.1. The molecule has 0 unspecified atom stereocenters. The Morgan fingerprint density at radius 2 is 1.62 bits per heavy atom.